The van der Waals surface area contributed by atoms with Crippen molar-refractivity contribution in [3.8, 4) is 5.75 Å². The lowest BCUT2D eigenvalue weighted by atomic mass is 9.99. The quantitative estimate of drug-likeness (QED) is 0.487. The van der Waals surface area contributed by atoms with Crippen molar-refractivity contribution in [3.05, 3.63) is 30.3 Å². The van der Waals surface area contributed by atoms with E-state index in [1.165, 1.54) is 5.01 Å². The molecule has 0 N–H and O–H groups in total. The monoisotopic (exact) mass is 323 g/mol. The Balaban J connectivity index is 2.22. The first kappa shape index (κ1) is 13.7. The fourth-order valence-electron chi connectivity index (χ4n) is 1.80. The molecule has 1 aromatic carbocycles. The number of nitrogens with zero attached hydrogens (tertiary/aromatic N) is 3. The van der Waals surface area contributed by atoms with Gasteiger partial charge >= 0.3 is 0 Å². The normalized spacial score (nSPS) is 23.6. The first-order chi connectivity index (χ1) is 8.96. The van der Waals surface area contributed by atoms with Crippen LogP contribution in [-0.2, 0) is 4.79 Å². The lowest BCUT2D eigenvalue weighted by Gasteiger charge is -2.19. The van der Waals surface area contributed by atoms with Gasteiger partial charge in [0.2, 0.25) is 0 Å². The molecule has 19 heavy (non-hydrogen) atoms. The zero-order valence-electron chi connectivity index (χ0n) is 10.9. The van der Waals surface area contributed by atoms with Gasteiger partial charge in [0, 0.05) is 7.05 Å². The van der Waals surface area contributed by atoms with Crippen LogP contribution in [0.25, 0.3) is 0 Å². The summed E-state index contributed by atoms with van der Waals surface area (Å²) in [5, 5.41) is 9.44. The molecule has 5 nitrogen and oxygen atoms in total. The molecule has 0 fully saturated rings. The number of hydrogen-bond donors (Lipinski definition) is 0. The van der Waals surface area contributed by atoms with E-state index >= 15 is 0 Å². The van der Waals surface area contributed by atoms with Gasteiger partial charge in [-0.15, -0.1) is 0 Å². The molecule has 1 aliphatic rings. The van der Waals surface area contributed by atoms with E-state index in [2.05, 4.69) is 26.2 Å². The molecule has 1 heterocycles. The molecule has 1 aromatic rings. The van der Waals surface area contributed by atoms with Crippen molar-refractivity contribution in [1.29, 1.82) is 0 Å². The number of alkyl halides is 1. The minimum absolute atomic E-state index is 0.178. The van der Waals surface area contributed by atoms with Crippen molar-refractivity contribution in [2.75, 3.05) is 7.05 Å². The maximum absolute atomic E-state index is 12.1. The highest BCUT2D eigenvalue weighted by atomic mass is 79.9. The predicted molar refractivity (Wildman–Crippen MR) is 77.7 cm³/mol. The number of rotatable bonds is 3. The number of hydrazone groups is 1. The number of para-hydroxylation sites is 1. The van der Waals surface area contributed by atoms with E-state index in [9.17, 15) is 4.79 Å². The van der Waals surface area contributed by atoms with Crippen molar-refractivity contribution < 1.29 is 9.63 Å². The molecule has 100 valence electrons. The second kappa shape index (κ2) is 5.13. The molecular weight excluding hydrogens is 310 g/mol. The minimum Gasteiger partial charge on any atom is -0.357 e. The van der Waals surface area contributed by atoms with Gasteiger partial charge in [0.05, 0.1) is 11.4 Å². The zero-order chi connectivity index (χ0) is 14.0. The Bertz CT molecular complexity index is 556. The Morgan fingerprint density at radius 3 is 2.58 bits per heavy atom. The third-order valence-corrected chi connectivity index (χ3v) is 4.40. The standard InChI is InChI=1S/C13H14BrN3O2/c1-9-13(14,12(18)17(3)15-9)10(2)16-19-11-7-5-4-6-8-11/h4-8H,1-3H3/b16-10-. The van der Waals surface area contributed by atoms with Crippen molar-refractivity contribution >= 4 is 33.3 Å². The predicted octanol–water partition coefficient (Wildman–Crippen LogP) is 2.42. The van der Waals surface area contributed by atoms with Crippen molar-refractivity contribution in [3.63, 3.8) is 0 Å². The van der Waals surface area contributed by atoms with Gasteiger partial charge in [-0.3, -0.25) is 4.79 Å². The number of carbonyl (C=O) groups excluding carboxylic acids is 1. The Labute approximate surface area is 120 Å². The SMILES string of the molecule is CC1=NN(C)C(=O)C1(Br)/C(C)=N\Oc1ccccc1. The van der Waals surface area contributed by atoms with E-state index in [1.54, 1.807) is 33.0 Å². The third kappa shape index (κ3) is 2.40. The van der Waals surface area contributed by atoms with Crippen LogP contribution in [0.3, 0.4) is 0 Å². The highest BCUT2D eigenvalue weighted by Gasteiger charge is 2.49. The molecule has 1 atom stereocenters. The molecule has 0 radical (unpaired) electrons. The lowest BCUT2D eigenvalue weighted by molar-refractivity contribution is -0.127. The van der Waals surface area contributed by atoms with Gasteiger partial charge < -0.3 is 4.84 Å². The summed E-state index contributed by atoms with van der Waals surface area (Å²) >= 11 is 3.42. The van der Waals surface area contributed by atoms with E-state index in [-0.39, 0.29) is 5.91 Å². The topological polar surface area (TPSA) is 54.3 Å². The molecule has 0 saturated carbocycles. The lowest BCUT2D eigenvalue weighted by Crippen LogP contribution is -2.45. The Morgan fingerprint density at radius 2 is 2.05 bits per heavy atom. The summed E-state index contributed by atoms with van der Waals surface area (Å²) in [5.41, 5.74) is 1.14. The van der Waals surface area contributed by atoms with Gasteiger partial charge in [-0.2, -0.15) is 5.10 Å². The van der Waals surface area contributed by atoms with E-state index in [1.807, 2.05) is 18.2 Å². The van der Waals surface area contributed by atoms with Crippen molar-refractivity contribution in [2.45, 2.75) is 18.2 Å². The molecular formula is C13H14BrN3O2. The fraction of sp³-hybridized carbons (Fsp3) is 0.308. The minimum atomic E-state index is -1.00. The van der Waals surface area contributed by atoms with Crippen molar-refractivity contribution in [2.24, 2.45) is 10.3 Å². The van der Waals surface area contributed by atoms with E-state index in [0.717, 1.165) is 0 Å². The van der Waals surface area contributed by atoms with Crippen LogP contribution in [-0.4, -0.2) is 33.7 Å². The van der Waals surface area contributed by atoms with Gasteiger partial charge in [0.1, 0.15) is 0 Å². The average Bonchev–Trinajstić information content (AvgIpc) is 2.62. The molecule has 1 amide bonds. The van der Waals surface area contributed by atoms with Gasteiger partial charge in [0.15, 0.2) is 10.1 Å². The highest BCUT2D eigenvalue weighted by molar-refractivity contribution is 9.11. The largest absolute Gasteiger partial charge is 0.357 e. The summed E-state index contributed by atoms with van der Waals surface area (Å²) in [6.07, 6.45) is 0. The zero-order valence-corrected chi connectivity index (χ0v) is 12.5. The van der Waals surface area contributed by atoms with E-state index in [0.29, 0.717) is 17.2 Å². The average molecular weight is 324 g/mol. The number of benzene rings is 1. The highest BCUT2D eigenvalue weighted by Crippen LogP contribution is 2.30. The summed E-state index contributed by atoms with van der Waals surface area (Å²) in [5.74, 6) is 0.439. The number of oxime groups is 1. The summed E-state index contributed by atoms with van der Waals surface area (Å²) in [6, 6.07) is 9.18. The van der Waals surface area contributed by atoms with Crippen LogP contribution in [0.1, 0.15) is 13.8 Å². The van der Waals surface area contributed by atoms with Crippen LogP contribution >= 0.6 is 15.9 Å². The summed E-state index contributed by atoms with van der Waals surface area (Å²) in [7, 11) is 1.61. The van der Waals surface area contributed by atoms with Gasteiger partial charge in [-0.1, -0.05) is 39.3 Å². The van der Waals surface area contributed by atoms with E-state index in [4.69, 9.17) is 4.84 Å². The Hall–Kier alpha value is -1.69. The molecule has 1 unspecified atom stereocenters. The van der Waals surface area contributed by atoms with Crippen LogP contribution in [0.5, 0.6) is 5.75 Å². The van der Waals surface area contributed by atoms with Gasteiger partial charge in [0.25, 0.3) is 5.91 Å². The molecule has 0 spiro atoms. The second-order valence-electron chi connectivity index (χ2n) is 4.25. The first-order valence-electron chi connectivity index (χ1n) is 5.76. The molecule has 0 aliphatic carbocycles. The number of halogens is 1. The van der Waals surface area contributed by atoms with E-state index < -0.39 is 4.32 Å². The summed E-state index contributed by atoms with van der Waals surface area (Å²) in [4.78, 5) is 17.4. The van der Waals surface area contributed by atoms with Crippen LogP contribution in [0.2, 0.25) is 0 Å². The molecule has 6 heteroatoms. The molecule has 2 rings (SSSR count). The second-order valence-corrected chi connectivity index (χ2v) is 5.44. The number of hydrogen-bond acceptors (Lipinski definition) is 4. The molecule has 1 aliphatic heterocycles. The maximum Gasteiger partial charge on any atom is 0.271 e. The van der Waals surface area contributed by atoms with Gasteiger partial charge in [-0.05, 0) is 26.0 Å². The van der Waals surface area contributed by atoms with Crippen LogP contribution in [0.4, 0.5) is 0 Å². The summed E-state index contributed by atoms with van der Waals surface area (Å²) in [6.45, 7) is 3.51. The smallest absolute Gasteiger partial charge is 0.271 e. The number of carbonyl (C=O) groups is 1. The maximum atomic E-state index is 12.1. The molecule has 0 saturated heterocycles. The summed E-state index contributed by atoms with van der Waals surface area (Å²) < 4.78 is -1.00. The van der Waals surface area contributed by atoms with Crippen LogP contribution < -0.4 is 4.84 Å². The number of amides is 1. The Kier molecular flexibility index (Phi) is 3.71. The van der Waals surface area contributed by atoms with Gasteiger partial charge in [-0.25, -0.2) is 5.01 Å². The molecule has 0 bridgehead atoms. The van der Waals surface area contributed by atoms with Crippen LogP contribution in [0.15, 0.2) is 40.6 Å². The fourth-order valence-corrected chi connectivity index (χ4v) is 2.21. The van der Waals surface area contributed by atoms with Crippen molar-refractivity contribution in [1.82, 2.24) is 5.01 Å². The molecule has 0 aromatic heterocycles. The first-order valence-corrected chi connectivity index (χ1v) is 6.55. The van der Waals surface area contributed by atoms with Crippen LogP contribution in [0, 0.1) is 0 Å². The third-order valence-electron chi connectivity index (χ3n) is 2.92. The Morgan fingerprint density at radius 1 is 1.42 bits per heavy atom.